The van der Waals surface area contributed by atoms with Gasteiger partial charge in [-0.15, -0.1) is 0 Å². The highest BCUT2D eigenvalue weighted by Crippen LogP contribution is 2.66. The number of carbonyl (C=O) groups is 4. The molecule has 55 heavy (non-hydrogen) atoms. The maximum atomic E-state index is 15.5. The molecule has 4 aliphatic rings. The number of allylic oxidation sites excluding steroid dienone is 2. The average Bonchev–Trinajstić information content (AvgIpc) is 3.56. The summed E-state index contributed by atoms with van der Waals surface area (Å²) < 4.78 is 17.7. The van der Waals surface area contributed by atoms with Gasteiger partial charge < -0.3 is 19.3 Å². The lowest BCUT2D eigenvalue weighted by atomic mass is 9.49. The second-order valence-electron chi connectivity index (χ2n) is 14.0. The van der Waals surface area contributed by atoms with Gasteiger partial charge in [0.05, 0.1) is 60.9 Å². The largest absolute Gasteiger partial charge is 0.507 e. The van der Waals surface area contributed by atoms with Crippen LogP contribution in [0.5, 0.6) is 23.0 Å². The van der Waals surface area contributed by atoms with Gasteiger partial charge in [-0.1, -0.05) is 62.9 Å². The number of phenolic OH excluding ortho intramolecular Hbond substituents is 1. The molecule has 0 spiro atoms. The van der Waals surface area contributed by atoms with E-state index in [1.165, 1.54) is 38.4 Å². The molecule has 3 fully saturated rings. The standard InChI is InChI=1S/C41H34BrCl2N3O8/c1-53-24-11-4-20(5-12-24)41-29(38(50)47(40(41)52)45-31-15-8-22(43)16-30(31)44)19-28-26(36(41)35-32(48)17-25(54-2)18-33(35)55-3)13-14-27-34(28)39(51)46(37(27)49)23-9-6-21(42)7-10-23/h4-13,15-18,27-29,34,36,45,48H,14,19H2,1-3H3/t27-,28+,29-,34-,36+,41+/m0/s1. The van der Waals surface area contributed by atoms with Crippen LogP contribution in [-0.2, 0) is 24.6 Å². The minimum Gasteiger partial charge on any atom is -0.507 e. The summed E-state index contributed by atoms with van der Waals surface area (Å²) in [4.78, 5) is 60.5. The number of fused-ring (bicyclic) bond motifs is 4. The Morgan fingerprint density at radius 3 is 2.18 bits per heavy atom. The van der Waals surface area contributed by atoms with Crippen molar-refractivity contribution in [2.24, 2.45) is 23.7 Å². The van der Waals surface area contributed by atoms with Gasteiger partial charge in [0.2, 0.25) is 11.8 Å². The number of halogens is 3. The van der Waals surface area contributed by atoms with E-state index in [2.05, 4.69) is 21.4 Å². The number of carbonyl (C=O) groups excluding carboxylic acids is 4. The summed E-state index contributed by atoms with van der Waals surface area (Å²) in [5.41, 5.74) is 3.30. The molecule has 0 aromatic heterocycles. The second kappa shape index (κ2) is 13.9. The highest BCUT2D eigenvalue weighted by atomic mass is 79.9. The third kappa shape index (κ3) is 5.59. The van der Waals surface area contributed by atoms with Crippen LogP contribution in [0.25, 0.3) is 0 Å². The number of ether oxygens (including phenoxy) is 3. The highest BCUT2D eigenvalue weighted by molar-refractivity contribution is 9.10. The number of nitrogens with one attached hydrogen (secondary N) is 1. The molecule has 6 atom stereocenters. The van der Waals surface area contributed by atoms with Crippen LogP contribution in [0.2, 0.25) is 10.0 Å². The minimum atomic E-state index is -1.71. The minimum absolute atomic E-state index is 0.0407. The molecule has 2 N–H and O–H groups in total. The average molecular weight is 848 g/mol. The maximum absolute atomic E-state index is 15.5. The number of rotatable bonds is 8. The number of benzene rings is 4. The summed E-state index contributed by atoms with van der Waals surface area (Å²) in [5, 5.41) is 13.5. The molecule has 11 nitrogen and oxygen atoms in total. The van der Waals surface area contributed by atoms with Crippen LogP contribution in [0.1, 0.15) is 29.9 Å². The number of anilines is 2. The van der Waals surface area contributed by atoms with Crippen molar-refractivity contribution in [1.82, 2.24) is 5.01 Å². The van der Waals surface area contributed by atoms with Gasteiger partial charge in [-0.2, -0.15) is 5.01 Å². The first-order valence-corrected chi connectivity index (χ1v) is 19.0. The summed E-state index contributed by atoms with van der Waals surface area (Å²) >= 11 is 16.2. The van der Waals surface area contributed by atoms with Gasteiger partial charge in [0, 0.05) is 33.1 Å². The van der Waals surface area contributed by atoms with Crippen molar-refractivity contribution in [1.29, 1.82) is 0 Å². The number of hydrogen-bond donors (Lipinski definition) is 2. The van der Waals surface area contributed by atoms with Crippen LogP contribution in [0.15, 0.2) is 95.0 Å². The number of nitrogens with zero attached hydrogens (tertiary/aromatic N) is 2. The Bertz CT molecular complexity index is 2300. The Hall–Kier alpha value is -5.04. The zero-order valence-electron chi connectivity index (χ0n) is 29.7. The van der Waals surface area contributed by atoms with E-state index in [4.69, 9.17) is 37.4 Å². The molecular formula is C41H34BrCl2N3O8. The fourth-order valence-electron chi connectivity index (χ4n) is 9.17. The smallest absolute Gasteiger partial charge is 0.260 e. The van der Waals surface area contributed by atoms with Crippen LogP contribution in [0.4, 0.5) is 11.4 Å². The Morgan fingerprint density at radius 1 is 0.818 bits per heavy atom. The Balaban J connectivity index is 1.37. The van der Waals surface area contributed by atoms with Crippen molar-refractivity contribution in [3.8, 4) is 23.0 Å². The molecule has 2 heterocycles. The second-order valence-corrected chi connectivity index (χ2v) is 15.7. The van der Waals surface area contributed by atoms with Crippen LogP contribution in [0.3, 0.4) is 0 Å². The van der Waals surface area contributed by atoms with Gasteiger partial charge in [-0.3, -0.25) is 29.5 Å². The van der Waals surface area contributed by atoms with Gasteiger partial charge in [0.1, 0.15) is 23.0 Å². The topological polar surface area (TPSA) is 135 Å². The van der Waals surface area contributed by atoms with E-state index in [1.54, 1.807) is 66.7 Å². The molecule has 4 amide bonds. The Kier molecular flexibility index (Phi) is 9.34. The summed E-state index contributed by atoms with van der Waals surface area (Å²) in [6, 6.07) is 21.5. The predicted octanol–water partition coefficient (Wildman–Crippen LogP) is 7.68. The molecule has 4 aromatic rings. The molecule has 2 aliphatic carbocycles. The van der Waals surface area contributed by atoms with Crippen LogP contribution >= 0.6 is 39.1 Å². The van der Waals surface area contributed by atoms with Crippen molar-refractivity contribution in [3.63, 3.8) is 0 Å². The number of phenols is 1. The first-order chi connectivity index (χ1) is 26.4. The van der Waals surface area contributed by atoms with Crippen LogP contribution in [0, 0.1) is 23.7 Å². The molecular weight excluding hydrogens is 813 g/mol. The molecule has 2 saturated heterocycles. The van der Waals surface area contributed by atoms with Crippen molar-refractivity contribution in [2.45, 2.75) is 24.2 Å². The third-order valence-corrected chi connectivity index (χ3v) is 12.6. The van der Waals surface area contributed by atoms with Crippen LogP contribution < -0.4 is 24.5 Å². The van der Waals surface area contributed by atoms with Crippen molar-refractivity contribution in [2.75, 3.05) is 31.7 Å². The number of aromatic hydroxyl groups is 1. The predicted molar refractivity (Wildman–Crippen MR) is 208 cm³/mol. The molecule has 2 aliphatic heterocycles. The molecule has 14 heteroatoms. The molecule has 0 unspecified atom stereocenters. The quantitative estimate of drug-likeness (QED) is 0.135. The zero-order chi connectivity index (χ0) is 38.9. The van der Waals surface area contributed by atoms with Crippen molar-refractivity contribution in [3.05, 3.63) is 116 Å². The maximum Gasteiger partial charge on any atom is 0.260 e. The summed E-state index contributed by atoms with van der Waals surface area (Å²) in [5.74, 6) is -5.56. The van der Waals surface area contributed by atoms with Gasteiger partial charge in [-0.05, 0) is 78.9 Å². The molecule has 1 saturated carbocycles. The number of hydrogen-bond acceptors (Lipinski definition) is 9. The number of imide groups is 2. The SMILES string of the molecule is COc1ccc([C@@]23C(=O)N(Nc4ccc(Cl)cc4Cl)C(=O)[C@@H]2C[C@@H]2C(=CC[C@@H]4C(=O)N(c5ccc(Br)cc5)C(=O)[C@@H]42)[C@@H]3c2c(O)cc(OC)cc2OC)cc1. The van der Waals surface area contributed by atoms with Gasteiger partial charge in [0.25, 0.3) is 11.8 Å². The van der Waals surface area contributed by atoms with Gasteiger partial charge >= 0.3 is 0 Å². The molecule has 282 valence electrons. The van der Waals surface area contributed by atoms with E-state index in [9.17, 15) is 14.7 Å². The lowest BCUT2D eigenvalue weighted by Crippen LogP contribution is -2.53. The van der Waals surface area contributed by atoms with Gasteiger partial charge in [-0.25, -0.2) is 0 Å². The fourth-order valence-corrected chi connectivity index (χ4v) is 9.88. The van der Waals surface area contributed by atoms with E-state index < -0.39 is 52.7 Å². The Labute approximate surface area is 334 Å². The normalized spacial score (nSPS) is 25.6. The summed E-state index contributed by atoms with van der Waals surface area (Å²) in [7, 11) is 4.42. The molecule has 4 aromatic carbocycles. The lowest BCUT2D eigenvalue weighted by Gasteiger charge is -2.50. The molecule has 0 bridgehead atoms. The van der Waals surface area contributed by atoms with Gasteiger partial charge in [0.15, 0.2) is 0 Å². The van der Waals surface area contributed by atoms with E-state index >= 15 is 9.59 Å². The monoisotopic (exact) mass is 845 g/mol. The van der Waals surface area contributed by atoms with Crippen LogP contribution in [-0.4, -0.2) is 55.1 Å². The summed E-state index contributed by atoms with van der Waals surface area (Å²) in [6.07, 6.45) is 2.14. The third-order valence-electron chi connectivity index (χ3n) is 11.5. The Morgan fingerprint density at radius 2 is 1.53 bits per heavy atom. The number of amides is 4. The fraction of sp³-hybridized carbons (Fsp3) is 0.268. The van der Waals surface area contributed by atoms with Crippen molar-refractivity contribution < 1.29 is 38.5 Å². The van der Waals surface area contributed by atoms with E-state index in [1.807, 2.05) is 6.08 Å². The van der Waals surface area contributed by atoms with E-state index in [-0.39, 0.29) is 46.5 Å². The van der Waals surface area contributed by atoms with Crippen molar-refractivity contribution >= 4 is 74.1 Å². The highest BCUT2D eigenvalue weighted by Gasteiger charge is 2.71. The summed E-state index contributed by atoms with van der Waals surface area (Å²) in [6.45, 7) is 0. The molecule has 8 rings (SSSR count). The zero-order valence-corrected chi connectivity index (χ0v) is 32.8. The van der Waals surface area contributed by atoms with E-state index in [0.29, 0.717) is 33.3 Å². The first kappa shape index (κ1) is 36.9. The number of methoxy groups -OCH3 is 3. The number of hydrazine groups is 1. The first-order valence-electron chi connectivity index (χ1n) is 17.5. The van der Waals surface area contributed by atoms with E-state index in [0.717, 1.165) is 9.48 Å². The lowest BCUT2D eigenvalue weighted by molar-refractivity contribution is -0.138. The molecule has 0 radical (unpaired) electrons.